The molecule has 2 aliphatic rings. The van der Waals surface area contributed by atoms with Gasteiger partial charge in [0.1, 0.15) is 0 Å². The van der Waals surface area contributed by atoms with E-state index >= 15 is 0 Å². The number of nitriles is 1. The molecule has 0 saturated heterocycles. The van der Waals surface area contributed by atoms with E-state index in [0.29, 0.717) is 5.92 Å². The highest BCUT2D eigenvalue weighted by Crippen LogP contribution is 2.53. The number of fused-ring (bicyclic) bond motifs is 1. The number of benzene rings is 1. The van der Waals surface area contributed by atoms with Gasteiger partial charge in [-0.15, -0.1) is 0 Å². The second-order valence-corrected chi connectivity index (χ2v) is 4.51. The Morgan fingerprint density at radius 1 is 1.29 bits per heavy atom. The van der Waals surface area contributed by atoms with Crippen molar-refractivity contribution in [3.05, 3.63) is 35.4 Å². The largest absolute Gasteiger partial charge is 0.197 e. The third-order valence-electron chi connectivity index (χ3n) is 3.76. The summed E-state index contributed by atoms with van der Waals surface area (Å²) in [7, 11) is 0. The molecule has 1 atom stereocenters. The smallest absolute Gasteiger partial charge is 0.0856 e. The monoisotopic (exact) mass is 183 g/mol. The van der Waals surface area contributed by atoms with Crippen molar-refractivity contribution in [2.45, 2.75) is 31.1 Å². The Morgan fingerprint density at radius 3 is 2.79 bits per heavy atom. The van der Waals surface area contributed by atoms with E-state index in [1.807, 2.05) is 0 Å². The summed E-state index contributed by atoms with van der Waals surface area (Å²) in [4.78, 5) is 0. The van der Waals surface area contributed by atoms with Gasteiger partial charge in [-0.2, -0.15) is 5.26 Å². The molecular formula is C13H13N. The molecule has 1 aromatic rings. The van der Waals surface area contributed by atoms with Gasteiger partial charge in [-0.3, -0.25) is 0 Å². The molecule has 0 spiro atoms. The molecule has 0 N–H and O–H groups in total. The van der Waals surface area contributed by atoms with Crippen LogP contribution in [0.15, 0.2) is 24.3 Å². The minimum atomic E-state index is -0.114. The molecule has 1 aromatic carbocycles. The molecule has 0 bridgehead atoms. The second kappa shape index (κ2) is 2.60. The van der Waals surface area contributed by atoms with Gasteiger partial charge >= 0.3 is 0 Å². The van der Waals surface area contributed by atoms with Gasteiger partial charge < -0.3 is 0 Å². The van der Waals surface area contributed by atoms with Gasteiger partial charge in [-0.05, 0) is 42.7 Å². The summed E-state index contributed by atoms with van der Waals surface area (Å²) in [5, 5.41) is 9.42. The molecule has 1 fully saturated rings. The number of hydrogen-bond donors (Lipinski definition) is 0. The van der Waals surface area contributed by atoms with E-state index in [0.717, 1.165) is 12.8 Å². The van der Waals surface area contributed by atoms with E-state index in [-0.39, 0.29) is 5.41 Å². The molecule has 0 amide bonds. The van der Waals surface area contributed by atoms with E-state index < -0.39 is 0 Å². The first-order chi connectivity index (χ1) is 6.87. The summed E-state index contributed by atoms with van der Waals surface area (Å²) < 4.78 is 0. The average Bonchev–Trinajstić information content (AvgIpc) is 3.01. The molecule has 70 valence electrons. The predicted molar refractivity (Wildman–Crippen MR) is 54.8 cm³/mol. The fourth-order valence-corrected chi connectivity index (χ4v) is 2.85. The maximum Gasteiger partial charge on any atom is 0.0856 e. The molecule has 3 rings (SSSR count). The van der Waals surface area contributed by atoms with Crippen molar-refractivity contribution in [1.82, 2.24) is 0 Å². The van der Waals surface area contributed by atoms with Crippen LogP contribution in [0, 0.1) is 17.2 Å². The number of nitrogens with zero attached hydrogens (tertiary/aromatic N) is 1. The van der Waals surface area contributed by atoms with Crippen LogP contribution in [0.25, 0.3) is 0 Å². The SMILES string of the molecule is N#CC1(C2CC2)CCc2ccccc21. The van der Waals surface area contributed by atoms with Crippen molar-refractivity contribution >= 4 is 0 Å². The summed E-state index contributed by atoms with van der Waals surface area (Å²) in [6, 6.07) is 11.1. The van der Waals surface area contributed by atoms with Crippen LogP contribution < -0.4 is 0 Å². The summed E-state index contributed by atoms with van der Waals surface area (Å²) >= 11 is 0. The minimum absolute atomic E-state index is 0.114. The molecule has 14 heavy (non-hydrogen) atoms. The van der Waals surface area contributed by atoms with Crippen LogP contribution in [-0.2, 0) is 11.8 Å². The molecule has 0 aromatic heterocycles. The normalized spacial score (nSPS) is 29.6. The molecule has 1 heteroatoms. The van der Waals surface area contributed by atoms with Crippen molar-refractivity contribution in [2.75, 3.05) is 0 Å². The Bertz CT molecular complexity index is 411. The van der Waals surface area contributed by atoms with E-state index in [1.165, 1.54) is 24.0 Å². The lowest BCUT2D eigenvalue weighted by atomic mass is 9.79. The lowest BCUT2D eigenvalue weighted by Gasteiger charge is -2.21. The third kappa shape index (κ3) is 0.889. The first-order valence-corrected chi connectivity index (χ1v) is 5.36. The van der Waals surface area contributed by atoms with Crippen molar-refractivity contribution in [1.29, 1.82) is 5.26 Å². The maximum atomic E-state index is 9.42. The van der Waals surface area contributed by atoms with Gasteiger partial charge in [0.05, 0.1) is 11.5 Å². The summed E-state index contributed by atoms with van der Waals surface area (Å²) in [5.74, 6) is 0.649. The minimum Gasteiger partial charge on any atom is -0.197 e. The zero-order chi connectivity index (χ0) is 9.60. The molecule has 0 heterocycles. The molecule has 0 aliphatic heterocycles. The van der Waals surface area contributed by atoms with Gasteiger partial charge in [-0.1, -0.05) is 24.3 Å². The van der Waals surface area contributed by atoms with Gasteiger partial charge in [-0.25, -0.2) is 0 Å². The van der Waals surface area contributed by atoms with Crippen molar-refractivity contribution < 1.29 is 0 Å². The van der Waals surface area contributed by atoms with Gasteiger partial charge in [0, 0.05) is 0 Å². The number of rotatable bonds is 1. The van der Waals surface area contributed by atoms with Crippen LogP contribution in [0.4, 0.5) is 0 Å². The van der Waals surface area contributed by atoms with E-state index in [9.17, 15) is 5.26 Å². The molecule has 1 nitrogen and oxygen atoms in total. The fourth-order valence-electron chi connectivity index (χ4n) is 2.85. The van der Waals surface area contributed by atoms with E-state index in [2.05, 4.69) is 30.3 Å². The van der Waals surface area contributed by atoms with Crippen LogP contribution in [0.5, 0.6) is 0 Å². The summed E-state index contributed by atoms with van der Waals surface area (Å²) in [6.45, 7) is 0. The van der Waals surface area contributed by atoms with Crippen LogP contribution in [0.2, 0.25) is 0 Å². The number of aryl methyl sites for hydroxylation is 1. The summed E-state index contributed by atoms with van der Waals surface area (Å²) in [5.41, 5.74) is 2.61. The number of hydrogen-bond acceptors (Lipinski definition) is 1. The third-order valence-corrected chi connectivity index (χ3v) is 3.76. The highest BCUT2D eigenvalue weighted by molar-refractivity contribution is 5.45. The Hall–Kier alpha value is -1.29. The van der Waals surface area contributed by atoms with Crippen LogP contribution in [0.3, 0.4) is 0 Å². The quantitative estimate of drug-likeness (QED) is 0.656. The van der Waals surface area contributed by atoms with E-state index in [4.69, 9.17) is 0 Å². The van der Waals surface area contributed by atoms with Crippen LogP contribution in [-0.4, -0.2) is 0 Å². The predicted octanol–water partition coefficient (Wildman–Crippen LogP) is 2.80. The first-order valence-electron chi connectivity index (χ1n) is 5.36. The first kappa shape index (κ1) is 8.05. The molecule has 1 saturated carbocycles. The molecular weight excluding hydrogens is 170 g/mol. The zero-order valence-corrected chi connectivity index (χ0v) is 8.16. The van der Waals surface area contributed by atoms with Gasteiger partial charge in [0.15, 0.2) is 0 Å². The van der Waals surface area contributed by atoms with Gasteiger partial charge in [0.25, 0.3) is 0 Å². The van der Waals surface area contributed by atoms with Crippen LogP contribution in [0.1, 0.15) is 30.4 Å². The lowest BCUT2D eigenvalue weighted by molar-refractivity contribution is 0.476. The van der Waals surface area contributed by atoms with Crippen molar-refractivity contribution in [3.63, 3.8) is 0 Å². The Kier molecular flexibility index (Phi) is 1.50. The standard InChI is InChI=1S/C13H13N/c14-9-13(11-5-6-11)8-7-10-3-1-2-4-12(10)13/h1-4,11H,5-8H2. The highest BCUT2D eigenvalue weighted by atomic mass is 14.5. The molecule has 1 unspecified atom stereocenters. The Labute approximate surface area is 84.4 Å². The Balaban J connectivity index is 2.15. The topological polar surface area (TPSA) is 23.8 Å². The van der Waals surface area contributed by atoms with Crippen molar-refractivity contribution in [2.24, 2.45) is 5.92 Å². The highest BCUT2D eigenvalue weighted by Gasteiger charge is 2.50. The zero-order valence-electron chi connectivity index (χ0n) is 8.16. The Morgan fingerprint density at radius 2 is 2.07 bits per heavy atom. The molecule has 2 aliphatic carbocycles. The molecule has 0 radical (unpaired) electrons. The maximum absolute atomic E-state index is 9.42. The van der Waals surface area contributed by atoms with E-state index in [1.54, 1.807) is 0 Å². The van der Waals surface area contributed by atoms with Crippen molar-refractivity contribution in [3.8, 4) is 6.07 Å². The second-order valence-electron chi connectivity index (χ2n) is 4.51. The summed E-state index contributed by atoms with van der Waals surface area (Å²) in [6.07, 6.45) is 4.65. The average molecular weight is 183 g/mol. The van der Waals surface area contributed by atoms with Gasteiger partial charge in [0.2, 0.25) is 0 Å². The fraction of sp³-hybridized carbons (Fsp3) is 0.462. The lowest BCUT2D eigenvalue weighted by Crippen LogP contribution is -2.23. The van der Waals surface area contributed by atoms with Crippen LogP contribution >= 0.6 is 0 Å².